The lowest BCUT2D eigenvalue weighted by molar-refractivity contribution is -0.384. The first-order chi connectivity index (χ1) is 16.1. The molecule has 0 aliphatic carbocycles. The minimum absolute atomic E-state index is 0.00466. The van der Waals surface area contributed by atoms with Gasteiger partial charge in [-0.05, 0) is 24.1 Å². The van der Waals surface area contributed by atoms with E-state index in [-0.39, 0.29) is 11.6 Å². The highest BCUT2D eigenvalue weighted by Crippen LogP contribution is 2.27. The summed E-state index contributed by atoms with van der Waals surface area (Å²) in [5, 5.41) is 11.2. The molecule has 0 unspecified atom stereocenters. The number of hydrogen-bond donors (Lipinski definition) is 0. The highest BCUT2D eigenvalue weighted by molar-refractivity contribution is 7.16. The molecule has 0 aliphatic heterocycles. The van der Waals surface area contributed by atoms with Crippen molar-refractivity contribution in [1.29, 1.82) is 0 Å². The van der Waals surface area contributed by atoms with E-state index in [1.165, 1.54) is 23.5 Å². The van der Waals surface area contributed by atoms with Gasteiger partial charge in [-0.2, -0.15) is 4.99 Å². The van der Waals surface area contributed by atoms with Gasteiger partial charge in [-0.25, -0.2) is 0 Å². The smallest absolute Gasteiger partial charge is 0.270 e. The van der Waals surface area contributed by atoms with Crippen LogP contribution in [0.25, 0.3) is 10.2 Å². The van der Waals surface area contributed by atoms with E-state index in [0.717, 1.165) is 16.6 Å². The summed E-state index contributed by atoms with van der Waals surface area (Å²) in [6.45, 7) is 3.42. The fraction of sp³-hybridized carbons (Fsp3) is 0.200. The SMILES string of the molecule is CCOCCn1c(=NC(=O)C(c2ccccc2)c2ccccc2)sc2cc([N+](=O)[O-])ccc21. The van der Waals surface area contributed by atoms with Crippen LogP contribution in [0.1, 0.15) is 24.0 Å². The number of aromatic nitrogens is 1. The third-order valence-electron chi connectivity index (χ3n) is 5.26. The van der Waals surface area contributed by atoms with Crippen LogP contribution in [0, 0.1) is 10.1 Å². The first kappa shape index (κ1) is 22.6. The lowest BCUT2D eigenvalue weighted by atomic mass is 9.91. The molecule has 0 radical (unpaired) electrons. The van der Waals surface area contributed by atoms with Gasteiger partial charge in [0.1, 0.15) is 0 Å². The molecule has 4 aromatic rings. The molecule has 1 amide bonds. The van der Waals surface area contributed by atoms with Gasteiger partial charge < -0.3 is 9.30 Å². The Morgan fingerprint density at radius 2 is 1.70 bits per heavy atom. The van der Waals surface area contributed by atoms with Crippen LogP contribution in [-0.2, 0) is 16.1 Å². The zero-order valence-corrected chi connectivity index (χ0v) is 18.9. The lowest BCUT2D eigenvalue weighted by Gasteiger charge is -2.14. The molecule has 0 aliphatic rings. The van der Waals surface area contributed by atoms with Crippen molar-refractivity contribution >= 4 is 33.1 Å². The van der Waals surface area contributed by atoms with Gasteiger partial charge in [-0.1, -0.05) is 72.0 Å². The monoisotopic (exact) mass is 461 g/mol. The van der Waals surface area contributed by atoms with E-state index in [0.29, 0.717) is 29.3 Å². The van der Waals surface area contributed by atoms with Crippen molar-refractivity contribution in [2.24, 2.45) is 4.99 Å². The maximum absolute atomic E-state index is 13.5. The maximum atomic E-state index is 13.5. The summed E-state index contributed by atoms with van der Waals surface area (Å²) < 4.78 is 8.10. The Kier molecular flexibility index (Phi) is 7.07. The van der Waals surface area contributed by atoms with E-state index in [1.807, 2.05) is 72.2 Å². The average Bonchev–Trinajstić information content (AvgIpc) is 3.17. The fourth-order valence-electron chi connectivity index (χ4n) is 3.70. The number of nitro groups is 1. The number of carbonyl (C=O) groups is 1. The zero-order valence-electron chi connectivity index (χ0n) is 18.1. The molecule has 1 aromatic heterocycles. The van der Waals surface area contributed by atoms with Gasteiger partial charge in [0.2, 0.25) is 0 Å². The molecular weight excluding hydrogens is 438 g/mol. The van der Waals surface area contributed by atoms with Crippen molar-refractivity contribution in [2.75, 3.05) is 13.2 Å². The molecule has 0 fully saturated rings. The Morgan fingerprint density at radius 3 is 2.27 bits per heavy atom. The molecule has 0 saturated heterocycles. The van der Waals surface area contributed by atoms with E-state index in [2.05, 4.69) is 4.99 Å². The van der Waals surface area contributed by atoms with Crippen LogP contribution in [0.3, 0.4) is 0 Å². The van der Waals surface area contributed by atoms with Crippen molar-refractivity contribution in [3.8, 4) is 0 Å². The van der Waals surface area contributed by atoms with Crippen molar-refractivity contribution in [3.05, 3.63) is 105 Å². The highest BCUT2D eigenvalue weighted by Gasteiger charge is 2.23. The number of nitro benzene ring substituents is 1. The van der Waals surface area contributed by atoms with E-state index >= 15 is 0 Å². The molecule has 4 rings (SSSR count). The lowest BCUT2D eigenvalue weighted by Crippen LogP contribution is -2.22. The molecule has 168 valence electrons. The van der Waals surface area contributed by atoms with E-state index in [1.54, 1.807) is 6.07 Å². The Morgan fingerprint density at radius 1 is 1.06 bits per heavy atom. The van der Waals surface area contributed by atoms with Crippen LogP contribution in [-0.4, -0.2) is 28.6 Å². The van der Waals surface area contributed by atoms with Gasteiger partial charge in [0.05, 0.1) is 27.7 Å². The topological polar surface area (TPSA) is 86.7 Å². The number of carbonyl (C=O) groups excluding carboxylic acids is 1. The first-order valence-corrected chi connectivity index (χ1v) is 11.4. The molecule has 0 bridgehead atoms. The predicted octanol–water partition coefficient (Wildman–Crippen LogP) is 4.91. The molecular formula is C25H23N3O4S. The van der Waals surface area contributed by atoms with Gasteiger partial charge in [0.15, 0.2) is 4.80 Å². The Labute approximate surface area is 194 Å². The summed E-state index contributed by atoms with van der Waals surface area (Å²) in [5.41, 5.74) is 2.50. The van der Waals surface area contributed by atoms with Crippen LogP contribution >= 0.6 is 11.3 Å². The number of benzene rings is 3. The second-order valence-corrected chi connectivity index (χ2v) is 8.36. The normalized spacial score (nSPS) is 11.9. The van der Waals surface area contributed by atoms with Crippen molar-refractivity contribution in [1.82, 2.24) is 4.57 Å². The van der Waals surface area contributed by atoms with Gasteiger partial charge in [0.25, 0.3) is 11.6 Å². The Bertz CT molecular complexity index is 1290. The maximum Gasteiger partial charge on any atom is 0.270 e. The molecule has 7 nitrogen and oxygen atoms in total. The molecule has 0 spiro atoms. The molecule has 1 heterocycles. The summed E-state index contributed by atoms with van der Waals surface area (Å²) in [6.07, 6.45) is 0. The third kappa shape index (κ3) is 5.08. The highest BCUT2D eigenvalue weighted by atomic mass is 32.1. The number of non-ortho nitro benzene ring substituents is 1. The average molecular weight is 462 g/mol. The van der Waals surface area contributed by atoms with Gasteiger partial charge in [-0.15, -0.1) is 0 Å². The number of amides is 1. The molecule has 33 heavy (non-hydrogen) atoms. The summed E-state index contributed by atoms with van der Waals surface area (Å²) in [6, 6.07) is 23.8. The van der Waals surface area contributed by atoms with Crippen molar-refractivity contribution < 1.29 is 14.5 Å². The minimum Gasteiger partial charge on any atom is -0.380 e. The third-order valence-corrected chi connectivity index (χ3v) is 6.30. The quantitative estimate of drug-likeness (QED) is 0.212. The van der Waals surface area contributed by atoms with Gasteiger partial charge in [-0.3, -0.25) is 14.9 Å². The number of ether oxygens (including phenoxy) is 1. The standard InChI is InChI=1S/C25H23N3O4S/c1-2-32-16-15-27-21-14-13-20(28(30)31)17-22(21)33-25(27)26-24(29)23(18-9-5-3-6-10-18)19-11-7-4-8-12-19/h3-14,17,23H,2,15-16H2,1H3. The van der Waals surface area contributed by atoms with E-state index in [9.17, 15) is 14.9 Å². The Hall–Kier alpha value is -3.62. The van der Waals surface area contributed by atoms with Crippen molar-refractivity contribution in [2.45, 2.75) is 19.4 Å². The first-order valence-electron chi connectivity index (χ1n) is 10.6. The van der Waals surface area contributed by atoms with E-state index < -0.39 is 10.8 Å². The second-order valence-electron chi connectivity index (χ2n) is 7.35. The molecule has 8 heteroatoms. The van der Waals surface area contributed by atoms with Crippen LogP contribution in [0.2, 0.25) is 0 Å². The second kappa shape index (κ2) is 10.3. The molecule has 0 N–H and O–H groups in total. The summed E-state index contributed by atoms with van der Waals surface area (Å²) in [5.74, 6) is -0.842. The predicted molar refractivity (Wildman–Crippen MR) is 128 cm³/mol. The summed E-state index contributed by atoms with van der Waals surface area (Å²) in [4.78, 5) is 29.4. The number of fused-ring (bicyclic) bond motifs is 1. The van der Waals surface area contributed by atoms with Crippen molar-refractivity contribution in [3.63, 3.8) is 0 Å². The van der Waals surface area contributed by atoms with E-state index in [4.69, 9.17) is 4.74 Å². The number of hydrogen-bond acceptors (Lipinski definition) is 5. The summed E-state index contributed by atoms with van der Waals surface area (Å²) >= 11 is 1.27. The number of nitrogens with zero attached hydrogens (tertiary/aromatic N) is 3. The molecule has 0 atom stereocenters. The van der Waals surface area contributed by atoms with Gasteiger partial charge >= 0.3 is 0 Å². The Balaban J connectivity index is 1.83. The zero-order chi connectivity index (χ0) is 23.2. The molecule has 0 saturated carbocycles. The van der Waals surface area contributed by atoms with Crippen LogP contribution in [0.4, 0.5) is 5.69 Å². The molecule has 3 aromatic carbocycles. The largest absolute Gasteiger partial charge is 0.380 e. The van der Waals surface area contributed by atoms with Crippen LogP contribution in [0.5, 0.6) is 0 Å². The summed E-state index contributed by atoms with van der Waals surface area (Å²) in [7, 11) is 0. The number of rotatable bonds is 8. The van der Waals surface area contributed by atoms with Gasteiger partial charge in [0, 0.05) is 25.3 Å². The fourth-order valence-corrected chi connectivity index (χ4v) is 4.80. The number of thiazole rings is 1. The van der Waals surface area contributed by atoms with Crippen LogP contribution < -0.4 is 4.80 Å². The minimum atomic E-state index is -0.549. The van der Waals surface area contributed by atoms with Crippen LogP contribution in [0.15, 0.2) is 83.9 Å².